The third-order valence-electron chi connectivity index (χ3n) is 3.92. The van der Waals surface area contributed by atoms with Gasteiger partial charge in [-0.3, -0.25) is 9.63 Å². The van der Waals surface area contributed by atoms with Crippen LogP contribution in [0.2, 0.25) is 0 Å². The largest absolute Gasteiger partial charge is 0.275 e. The highest BCUT2D eigenvalue weighted by Crippen LogP contribution is 2.65. The summed E-state index contributed by atoms with van der Waals surface area (Å²) in [5, 5.41) is 1.32. The van der Waals surface area contributed by atoms with Gasteiger partial charge in [0, 0.05) is 17.4 Å². The molecule has 2 rings (SSSR count). The standard InChI is InChI=1S/C14H18BrNO2/c1-14(2)11(9-7-5-6-8-10(9)15)12(14)13(17)16(3)18-4/h5-8,11-12H,1-4H3. The number of benzene rings is 1. The quantitative estimate of drug-likeness (QED) is 0.802. The number of carbonyl (C=O) groups excluding carboxylic acids is 1. The lowest BCUT2D eigenvalue weighted by Crippen LogP contribution is -2.28. The van der Waals surface area contributed by atoms with Crippen molar-refractivity contribution in [1.82, 2.24) is 5.06 Å². The highest BCUT2D eigenvalue weighted by Gasteiger charge is 2.63. The van der Waals surface area contributed by atoms with Crippen molar-refractivity contribution in [3.63, 3.8) is 0 Å². The van der Waals surface area contributed by atoms with E-state index >= 15 is 0 Å². The van der Waals surface area contributed by atoms with Gasteiger partial charge in [-0.15, -0.1) is 0 Å². The summed E-state index contributed by atoms with van der Waals surface area (Å²) in [6.45, 7) is 4.26. The van der Waals surface area contributed by atoms with Crippen molar-refractivity contribution in [1.29, 1.82) is 0 Å². The van der Waals surface area contributed by atoms with E-state index in [2.05, 4.69) is 35.8 Å². The van der Waals surface area contributed by atoms with E-state index in [9.17, 15) is 4.79 Å². The predicted molar refractivity (Wildman–Crippen MR) is 73.9 cm³/mol. The number of amides is 1. The molecular weight excluding hydrogens is 294 g/mol. The van der Waals surface area contributed by atoms with E-state index in [-0.39, 0.29) is 23.2 Å². The molecule has 0 bridgehead atoms. The van der Waals surface area contributed by atoms with E-state index < -0.39 is 0 Å². The van der Waals surface area contributed by atoms with Gasteiger partial charge in [0.15, 0.2) is 0 Å². The number of carbonyl (C=O) groups is 1. The van der Waals surface area contributed by atoms with Gasteiger partial charge in [-0.2, -0.15) is 0 Å². The number of hydrogen-bond acceptors (Lipinski definition) is 2. The molecule has 0 saturated heterocycles. The molecule has 1 aliphatic carbocycles. The van der Waals surface area contributed by atoms with Gasteiger partial charge in [0.05, 0.1) is 13.0 Å². The second-order valence-electron chi connectivity index (χ2n) is 5.32. The van der Waals surface area contributed by atoms with E-state index in [4.69, 9.17) is 4.84 Å². The Morgan fingerprint density at radius 3 is 2.56 bits per heavy atom. The lowest BCUT2D eigenvalue weighted by molar-refractivity contribution is -0.171. The molecule has 18 heavy (non-hydrogen) atoms. The van der Waals surface area contributed by atoms with Crippen LogP contribution in [0.25, 0.3) is 0 Å². The molecular formula is C14H18BrNO2. The van der Waals surface area contributed by atoms with Gasteiger partial charge >= 0.3 is 0 Å². The summed E-state index contributed by atoms with van der Waals surface area (Å²) >= 11 is 3.56. The van der Waals surface area contributed by atoms with Crippen LogP contribution in [0.1, 0.15) is 25.3 Å². The van der Waals surface area contributed by atoms with Gasteiger partial charge in [0.2, 0.25) is 5.91 Å². The topological polar surface area (TPSA) is 29.5 Å². The van der Waals surface area contributed by atoms with Gasteiger partial charge < -0.3 is 0 Å². The van der Waals surface area contributed by atoms with Crippen molar-refractivity contribution in [2.45, 2.75) is 19.8 Å². The average Bonchev–Trinajstić information content (AvgIpc) is 2.90. The Morgan fingerprint density at radius 1 is 1.39 bits per heavy atom. The van der Waals surface area contributed by atoms with Crippen LogP contribution in [0, 0.1) is 11.3 Å². The first-order chi connectivity index (χ1) is 8.41. The van der Waals surface area contributed by atoms with E-state index in [1.807, 2.05) is 18.2 Å². The van der Waals surface area contributed by atoms with Gasteiger partial charge in [-0.25, -0.2) is 5.06 Å². The third kappa shape index (κ3) is 2.08. The molecule has 1 amide bonds. The smallest absolute Gasteiger partial charge is 0.250 e. The van der Waals surface area contributed by atoms with Crippen LogP contribution in [0.4, 0.5) is 0 Å². The molecule has 1 aromatic carbocycles. The number of hydroxylamine groups is 2. The van der Waals surface area contributed by atoms with E-state index in [0.29, 0.717) is 0 Å². The fourth-order valence-corrected chi connectivity index (χ4v) is 3.22. The SMILES string of the molecule is CON(C)C(=O)C1C(c2ccccc2Br)C1(C)C. The molecule has 1 aromatic rings. The van der Waals surface area contributed by atoms with E-state index in [0.717, 1.165) is 4.47 Å². The minimum absolute atomic E-state index is 0.0128. The maximum Gasteiger partial charge on any atom is 0.250 e. The Labute approximate surface area is 116 Å². The zero-order valence-corrected chi connectivity index (χ0v) is 12.7. The van der Waals surface area contributed by atoms with E-state index in [1.54, 1.807) is 7.05 Å². The van der Waals surface area contributed by atoms with Crippen LogP contribution in [-0.2, 0) is 9.63 Å². The molecule has 2 atom stereocenters. The zero-order valence-electron chi connectivity index (χ0n) is 11.1. The Hall–Kier alpha value is -0.870. The van der Waals surface area contributed by atoms with Crippen molar-refractivity contribution >= 4 is 21.8 Å². The Kier molecular flexibility index (Phi) is 3.52. The van der Waals surface area contributed by atoms with Crippen LogP contribution < -0.4 is 0 Å². The number of halogens is 1. The molecule has 1 fully saturated rings. The number of nitrogens with zero attached hydrogens (tertiary/aromatic N) is 1. The maximum atomic E-state index is 12.2. The van der Waals surface area contributed by atoms with Crippen LogP contribution in [-0.4, -0.2) is 25.1 Å². The minimum atomic E-state index is -0.0201. The Morgan fingerprint density at radius 2 is 2.00 bits per heavy atom. The highest BCUT2D eigenvalue weighted by atomic mass is 79.9. The van der Waals surface area contributed by atoms with Crippen LogP contribution in [0.15, 0.2) is 28.7 Å². The molecule has 0 aliphatic heterocycles. The summed E-state index contributed by atoms with van der Waals surface area (Å²) in [6, 6.07) is 8.10. The minimum Gasteiger partial charge on any atom is -0.275 e. The molecule has 0 radical (unpaired) electrons. The Balaban J connectivity index is 2.27. The molecule has 1 aliphatic rings. The number of hydrogen-bond donors (Lipinski definition) is 0. The van der Waals surface area contributed by atoms with Gasteiger partial charge in [-0.1, -0.05) is 48.0 Å². The lowest BCUT2D eigenvalue weighted by Gasteiger charge is -2.14. The average molecular weight is 312 g/mol. The van der Waals surface area contributed by atoms with Crippen LogP contribution in [0.3, 0.4) is 0 Å². The monoisotopic (exact) mass is 311 g/mol. The third-order valence-corrected chi connectivity index (χ3v) is 4.64. The van der Waals surface area contributed by atoms with Crippen molar-refractivity contribution in [2.75, 3.05) is 14.2 Å². The molecule has 3 nitrogen and oxygen atoms in total. The second-order valence-corrected chi connectivity index (χ2v) is 6.17. The summed E-state index contributed by atoms with van der Waals surface area (Å²) in [6.07, 6.45) is 0. The first-order valence-electron chi connectivity index (χ1n) is 5.97. The van der Waals surface area contributed by atoms with Crippen LogP contribution >= 0.6 is 15.9 Å². The van der Waals surface area contributed by atoms with E-state index in [1.165, 1.54) is 17.7 Å². The van der Waals surface area contributed by atoms with Crippen molar-refractivity contribution in [3.8, 4) is 0 Å². The van der Waals surface area contributed by atoms with Crippen molar-refractivity contribution in [3.05, 3.63) is 34.3 Å². The first kappa shape index (κ1) is 13.6. The number of rotatable bonds is 3. The van der Waals surface area contributed by atoms with Gasteiger partial charge in [-0.05, 0) is 17.0 Å². The fourth-order valence-electron chi connectivity index (χ4n) is 2.69. The maximum absolute atomic E-state index is 12.2. The van der Waals surface area contributed by atoms with Crippen molar-refractivity contribution < 1.29 is 9.63 Å². The summed E-state index contributed by atoms with van der Waals surface area (Å²) in [4.78, 5) is 17.2. The molecule has 0 N–H and O–H groups in total. The van der Waals surface area contributed by atoms with Crippen molar-refractivity contribution in [2.24, 2.45) is 11.3 Å². The highest BCUT2D eigenvalue weighted by molar-refractivity contribution is 9.10. The molecule has 4 heteroatoms. The molecule has 1 saturated carbocycles. The summed E-state index contributed by atoms with van der Waals surface area (Å²) < 4.78 is 1.07. The second kappa shape index (κ2) is 4.67. The fraction of sp³-hybridized carbons (Fsp3) is 0.500. The zero-order chi connectivity index (χ0) is 13.5. The molecule has 98 valence electrons. The first-order valence-corrected chi connectivity index (χ1v) is 6.76. The van der Waals surface area contributed by atoms with Gasteiger partial charge in [0.25, 0.3) is 0 Å². The van der Waals surface area contributed by atoms with Gasteiger partial charge in [0.1, 0.15) is 0 Å². The summed E-state index contributed by atoms with van der Waals surface area (Å²) in [7, 11) is 3.18. The van der Waals surface area contributed by atoms with Crippen LogP contribution in [0.5, 0.6) is 0 Å². The molecule has 0 spiro atoms. The predicted octanol–water partition coefficient (Wildman–Crippen LogP) is 3.21. The Bertz CT molecular complexity index is 473. The normalized spacial score (nSPS) is 24.7. The summed E-state index contributed by atoms with van der Waals surface area (Å²) in [5.41, 5.74) is 1.18. The summed E-state index contributed by atoms with van der Waals surface area (Å²) in [5.74, 6) is 0.280. The molecule has 0 aromatic heterocycles. The lowest BCUT2D eigenvalue weighted by atomic mass is 10.0. The molecule has 2 unspecified atom stereocenters. The molecule has 0 heterocycles.